The summed E-state index contributed by atoms with van der Waals surface area (Å²) in [6.45, 7) is 4.87. The highest BCUT2D eigenvalue weighted by Crippen LogP contribution is 2.18. The fourth-order valence-electron chi connectivity index (χ4n) is 1.63. The number of carbonyl (C=O) groups excluding carboxylic acids is 1. The Morgan fingerprint density at radius 3 is 2.47 bits per heavy atom. The normalized spacial score (nSPS) is 12.1. The third-order valence-corrected chi connectivity index (χ3v) is 2.48. The highest BCUT2D eigenvalue weighted by atomic mass is 16.1. The van der Waals surface area contributed by atoms with E-state index in [1.807, 2.05) is 37.3 Å². The van der Waals surface area contributed by atoms with Crippen LogP contribution in [0.4, 0.5) is 0 Å². The van der Waals surface area contributed by atoms with Crippen molar-refractivity contribution in [2.45, 2.75) is 32.6 Å². The van der Waals surface area contributed by atoms with Gasteiger partial charge in [-0.2, -0.15) is 0 Å². The molecule has 0 bridgehead atoms. The zero-order chi connectivity index (χ0) is 11.1. The third-order valence-electron chi connectivity index (χ3n) is 2.48. The Morgan fingerprint density at radius 2 is 1.93 bits per heavy atom. The van der Waals surface area contributed by atoms with Gasteiger partial charge in [0.1, 0.15) is 0 Å². The summed E-state index contributed by atoms with van der Waals surface area (Å²) in [5, 5.41) is 2.94. The molecule has 2 nitrogen and oxygen atoms in total. The highest BCUT2D eigenvalue weighted by molar-refractivity contribution is 5.83. The van der Waals surface area contributed by atoms with E-state index in [-0.39, 0.29) is 11.8 Å². The molecule has 2 heteroatoms. The predicted octanol–water partition coefficient (Wildman–Crippen LogP) is 2.71. The van der Waals surface area contributed by atoms with Gasteiger partial charge >= 0.3 is 0 Å². The minimum atomic E-state index is -0.00208. The summed E-state index contributed by atoms with van der Waals surface area (Å²) in [5.74, 6) is 0.142. The highest BCUT2D eigenvalue weighted by Gasteiger charge is 2.17. The van der Waals surface area contributed by atoms with E-state index in [9.17, 15) is 4.79 Å². The zero-order valence-corrected chi connectivity index (χ0v) is 9.49. The second-order valence-electron chi connectivity index (χ2n) is 3.66. The summed E-state index contributed by atoms with van der Waals surface area (Å²) in [6, 6.07) is 9.95. The average molecular weight is 205 g/mol. The molecule has 0 saturated carbocycles. The predicted molar refractivity (Wildman–Crippen MR) is 62.8 cm³/mol. The fourth-order valence-corrected chi connectivity index (χ4v) is 1.63. The van der Waals surface area contributed by atoms with Crippen LogP contribution in [0.1, 0.15) is 38.2 Å². The first-order chi connectivity index (χ1) is 7.29. The number of hydrogen-bond donors (Lipinski definition) is 1. The van der Waals surface area contributed by atoms with Crippen molar-refractivity contribution >= 4 is 5.91 Å². The van der Waals surface area contributed by atoms with E-state index in [0.717, 1.165) is 24.9 Å². The Bertz CT molecular complexity index is 295. The first-order valence-electron chi connectivity index (χ1n) is 5.62. The average Bonchev–Trinajstić information content (AvgIpc) is 2.29. The molecule has 0 aliphatic rings. The first kappa shape index (κ1) is 11.8. The van der Waals surface area contributed by atoms with Gasteiger partial charge in [-0.25, -0.2) is 0 Å². The molecule has 82 valence electrons. The van der Waals surface area contributed by atoms with Crippen molar-refractivity contribution in [1.82, 2.24) is 5.32 Å². The summed E-state index contributed by atoms with van der Waals surface area (Å²) < 4.78 is 0. The number of rotatable bonds is 5. The van der Waals surface area contributed by atoms with Crippen LogP contribution in [0.15, 0.2) is 30.3 Å². The molecule has 0 aromatic heterocycles. The number of nitrogens with one attached hydrogen (secondary N) is 1. The van der Waals surface area contributed by atoms with Gasteiger partial charge in [-0.3, -0.25) is 4.79 Å². The van der Waals surface area contributed by atoms with Gasteiger partial charge in [-0.05, 0) is 18.4 Å². The van der Waals surface area contributed by atoms with Crippen molar-refractivity contribution in [3.05, 3.63) is 35.9 Å². The molecule has 1 amide bonds. The van der Waals surface area contributed by atoms with Crippen LogP contribution in [0, 0.1) is 0 Å². The molecule has 15 heavy (non-hydrogen) atoms. The van der Waals surface area contributed by atoms with Gasteiger partial charge in [-0.15, -0.1) is 0 Å². The Hall–Kier alpha value is -1.31. The molecule has 1 aromatic carbocycles. The van der Waals surface area contributed by atoms with Crippen molar-refractivity contribution in [3.8, 4) is 0 Å². The molecule has 0 unspecified atom stereocenters. The molecule has 0 fully saturated rings. The lowest BCUT2D eigenvalue weighted by atomic mass is 9.96. The van der Waals surface area contributed by atoms with Gasteiger partial charge in [-0.1, -0.05) is 44.2 Å². The SMILES string of the molecule is CCCNC(=O)[C@@H](CC)c1ccccc1. The molecule has 0 aliphatic heterocycles. The van der Waals surface area contributed by atoms with Crippen LogP contribution < -0.4 is 5.32 Å². The summed E-state index contributed by atoms with van der Waals surface area (Å²) in [5.41, 5.74) is 1.11. The number of amides is 1. The molecule has 1 atom stereocenters. The minimum Gasteiger partial charge on any atom is -0.356 e. The maximum atomic E-state index is 11.8. The Morgan fingerprint density at radius 1 is 1.27 bits per heavy atom. The Labute approximate surface area is 91.7 Å². The fraction of sp³-hybridized carbons (Fsp3) is 0.462. The standard InChI is InChI=1S/C13H19NO/c1-3-10-14-13(15)12(4-2)11-8-6-5-7-9-11/h5-9,12H,3-4,10H2,1-2H3,(H,14,15)/t12-/m0/s1. The van der Waals surface area contributed by atoms with Gasteiger partial charge in [0.15, 0.2) is 0 Å². The summed E-state index contributed by atoms with van der Waals surface area (Å²) in [7, 11) is 0. The monoisotopic (exact) mass is 205 g/mol. The van der Waals surface area contributed by atoms with Crippen LogP contribution in [0.25, 0.3) is 0 Å². The van der Waals surface area contributed by atoms with E-state index in [1.54, 1.807) is 0 Å². The van der Waals surface area contributed by atoms with Crippen molar-refractivity contribution in [2.24, 2.45) is 0 Å². The number of carbonyl (C=O) groups is 1. The van der Waals surface area contributed by atoms with Crippen molar-refractivity contribution in [3.63, 3.8) is 0 Å². The van der Waals surface area contributed by atoms with Crippen molar-refractivity contribution in [2.75, 3.05) is 6.54 Å². The van der Waals surface area contributed by atoms with E-state index in [1.165, 1.54) is 0 Å². The van der Waals surface area contributed by atoms with Crippen LogP contribution in [0.2, 0.25) is 0 Å². The van der Waals surface area contributed by atoms with Crippen LogP contribution in [0.5, 0.6) is 0 Å². The van der Waals surface area contributed by atoms with Crippen LogP contribution in [0.3, 0.4) is 0 Å². The molecule has 1 rings (SSSR count). The third kappa shape index (κ3) is 3.39. The minimum absolute atomic E-state index is 0.00208. The van der Waals surface area contributed by atoms with Gasteiger partial charge < -0.3 is 5.32 Å². The van der Waals surface area contributed by atoms with Crippen molar-refractivity contribution in [1.29, 1.82) is 0 Å². The molecular weight excluding hydrogens is 186 g/mol. The summed E-state index contributed by atoms with van der Waals surface area (Å²) >= 11 is 0. The van der Waals surface area contributed by atoms with Gasteiger partial charge in [0, 0.05) is 6.54 Å². The largest absolute Gasteiger partial charge is 0.356 e. The lowest BCUT2D eigenvalue weighted by Crippen LogP contribution is -2.29. The molecule has 1 aromatic rings. The second-order valence-corrected chi connectivity index (χ2v) is 3.66. The molecule has 0 spiro atoms. The lowest BCUT2D eigenvalue weighted by Gasteiger charge is -2.14. The summed E-state index contributed by atoms with van der Waals surface area (Å²) in [4.78, 5) is 11.8. The second kappa shape index (κ2) is 6.23. The Balaban J connectivity index is 2.67. The van der Waals surface area contributed by atoms with Gasteiger partial charge in [0.05, 0.1) is 5.92 Å². The molecule has 1 N–H and O–H groups in total. The topological polar surface area (TPSA) is 29.1 Å². The van der Waals surface area contributed by atoms with E-state index in [4.69, 9.17) is 0 Å². The van der Waals surface area contributed by atoms with Gasteiger partial charge in [0.2, 0.25) is 5.91 Å². The van der Waals surface area contributed by atoms with E-state index < -0.39 is 0 Å². The first-order valence-corrected chi connectivity index (χ1v) is 5.62. The molecule has 0 radical (unpaired) electrons. The molecular formula is C13H19NO. The quantitative estimate of drug-likeness (QED) is 0.786. The van der Waals surface area contributed by atoms with Crippen LogP contribution in [-0.4, -0.2) is 12.5 Å². The molecule has 0 heterocycles. The maximum absolute atomic E-state index is 11.8. The van der Waals surface area contributed by atoms with E-state index >= 15 is 0 Å². The number of benzene rings is 1. The van der Waals surface area contributed by atoms with E-state index in [2.05, 4.69) is 12.2 Å². The lowest BCUT2D eigenvalue weighted by molar-refractivity contribution is -0.122. The van der Waals surface area contributed by atoms with E-state index in [0.29, 0.717) is 0 Å². The smallest absolute Gasteiger partial charge is 0.227 e. The van der Waals surface area contributed by atoms with Crippen LogP contribution >= 0.6 is 0 Å². The van der Waals surface area contributed by atoms with Gasteiger partial charge in [0.25, 0.3) is 0 Å². The molecule has 0 aliphatic carbocycles. The number of hydrogen-bond acceptors (Lipinski definition) is 1. The zero-order valence-electron chi connectivity index (χ0n) is 9.49. The van der Waals surface area contributed by atoms with Crippen LogP contribution in [-0.2, 0) is 4.79 Å². The Kier molecular flexibility index (Phi) is 4.88. The molecule has 0 saturated heterocycles. The van der Waals surface area contributed by atoms with Crippen molar-refractivity contribution < 1.29 is 4.79 Å². The summed E-state index contributed by atoms with van der Waals surface area (Å²) in [6.07, 6.45) is 1.83. The maximum Gasteiger partial charge on any atom is 0.227 e.